The van der Waals surface area contributed by atoms with Gasteiger partial charge in [0.2, 0.25) is 0 Å². The summed E-state index contributed by atoms with van der Waals surface area (Å²) in [6.45, 7) is 1.43. The Morgan fingerprint density at radius 2 is 2.33 bits per heavy atom. The van der Waals surface area contributed by atoms with Crippen molar-refractivity contribution in [1.82, 2.24) is 4.98 Å². The van der Waals surface area contributed by atoms with Crippen LogP contribution < -0.4 is 11.3 Å². The van der Waals surface area contributed by atoms with Crippen molar-refractivity contribution in [2.24, 2.45) is 0 Å². The molecular formula is C7H6BBrN2O. The van der Waals surface area contributed by atoms with Crippen molar-refractivity contribution in [2.45, 2.75) is 6.92 Å². The lowest BCUT2D eigenvalue weighted by Gasteiger charge is -2.04. The Hall–Kier alpha value is -0.835. The van der Waals surface area contributed by atoms with Crippen LogP contribution in [-0.4, -0.2) is 18.6 Å². The van der Waals surface area contributed by atoms with Gasteiger partial charge in [-0.2, -0.15) is 0 Å². The maximum absolute atomic E-state index is 10.9. The maximum Gasteiger partial charge on any atom is 0.163 e. The molecule has 60 valence electrons. The monoisotopic (exact) mass is 224 g/mol. The summed E-state index contributed by atoms with van der Waals surface area (Å²) >= 11 is 3.15. The average molecular weight is 225 g/mol. The van der Waals surface area contributed by atoms with Crippen molar-refractivity contribution in [2.75, 3.05) is 5.73 Å². The molecule has 5 heteroatoms. The second-order valence-corrected chi connectivity index (χ2v) is 3.20. The number of nitrogens with zero attached hydrogens (tertiary/aromatic N) is 1. The molecule has 0 aliphatic rings. The normalized spacial score (nSPS) is 9.83. The van der Waals surface area contributed by atoms with Crippen LogP contribution in [0.25, 0.3) is 0 Å². The molecule has 0 unspecified atom stereocenters. The number of anilines is 1. The summed E-state index contributed by atoms with van der Waals surface area (Å²) < 4.78 is 0.585. The largest absolute Gasteiger partial charge is 0.383 e. The Labute approximate surface area is 79.9 Å². The summed E-state index contributed by atoms with van der Waals surface area (Å²) in [4.78, 5) is 14.7. The number of hydrogen-bond donors (Lipinski definition) is 1. The maximum atomic E-state index is 10.9. The summed E-state index contributed by atoms with van der Waals surface area (Å²) in [7, 11) is 5.44. The van der Waals surface area contributed by atoms with Gasteiger partial charge in [-0.3, -0.25) is 4.79 Å². The Kier molecular flexibility index (Phi) is 2.52. The Balaban J connectivity index is 3.33. The molecule has 1 aromatic rings. The summed E-state index contributed by atoms with van der Waals surface area (Å²) in [5.41, 5.74) is 6.13. The number of nitrogens with two attached hydrogens (primary N) is 1. The third-order valence-corrected chi connectivity index (χ3v) is 2.05. The Morgan fingerprint density at radius 3 is 2.83 bits per heavy atom. The zero-order valence-electron chi connectivity index (χ0n) is 6.47. The number of Topliss-reactive ketones (excluding diaryl/α,β-unsaturated/α-hetero) is 1. The number of aromatic nitrogens is 1. The molecule has 0 amide bonds. The van der Waals surface area contributed by atoms with E-state index in [9.17, 15) is 4.79 Å². The summed E-state index contributed by atoms with van der Waals surface area (Å²) in [5, 5.41) is 0. The highest BCUT2D eigenvalue weighted by Crippen LogP contribution is 2.13. The van der Waals surface area contributed by atoms with E-state index < -0.39 is 0 Å². The highest BCUT2D eigenvalue weighted by atomic mass is 79.9. The molecule has 1 rings (SSSR count). The summed E-state index contributed by atoms with van der Waals surface area (Å²) in [6.07, 6.45) is 0. The van der Waals surface area contributed by atoms with Crippen LogP contribution in [0, 0.1) is 0 Å². The first kappa shape index (κ1) is 9.25. The fraction of sp³-hybridized carbons (Fsp3) is 0.143. The fourth-order valence-corrected chi connectivity index (χ4v) is 1.12. The van der Waals surface area contributed by atoms with E-state index >= 15 is 0 Å². The van der Waals surface area contributed by atoms with Crippen LogP contribution in [0.15, 0.2) is 10.5 Å². The van der Waals surface area contributed by atoms with Gasteiger partial charge in [-0.1, -0.05) is 0 Å². The minimum atomic E-state index is -0.124. The second kappa shape index (κ2) is 3.27. The van der Waals surface area contributed by atoms with Gasteiger partial charge >= 0.3 is 0 Å². The van der Waals surface area contributed by atoms with Crippen LogP contribution in [0.2, 0.25) is 0 Å². The minimum absolute atomic E-state index is 0.124. The van der Waals surface area contributed by atoms with E-state index in [0.717, 1.165) is 0 Å². The number of halogens is 1. The molecule has 0 saturated carbocycles. The van der Waals surface area contributed by atoms with E-state index in [1.165, 1.54) is 6.92 Å². The minimum Gasteiger partial charge on any atom is -0.383 e. The molecule has 1 heterocycles. The molecule has 0 fully saturated rings. The van der Waals surface area contributed by atoms with Gasteiger partial charge in [-0.25, -0.2) is 4.98 Å². The van der Waals surface area contributed by atoms with Crippen LogP contribution in [-0.2, 0) is 0 Å². The van der Waals surface area contributed by atoms with Crippen LogP contribution >= 0.6 is 15.9 Å². The first-order chi connectivity index (χ1) is 5.52. The molecule has 3 nitrogen and oxygen atoms in total. The lowest BCUT2D eigenvalue weighted by molar-refractivity contribution is 0.101. The smallest absolute Gasteiger partial charge is 0.163 e. The van der Waals surface area contributed by atoms with Gasteiger partial charge in [0, 0.05) is 10.1 Å². The SMILES string of the molecule is [B]c1nc(N)c(C(C)=O)cc1Br. The molecule has 2 radical (unpaired) electrons. The predicted octanol–water partition coefficient (Wildman–Crippen LogP) is 0.423. The fourth-order valence-electron chi connectivity index (χ4n) is 0.800. The van der Waals surface area contributed by atoms with E-state index in [2.05, 4.69) is 20.9 Å². The van der Waals surface area contributed by atoms with Crippen LogP contribution in [0.1, 0.15) is 17.3 Å². The number of pyridine rings is 1. The second-order valence-electron chi connectivity index (χ2n) is 2.34. The lowest BCUT2D eigenvalue weighted by atomic mass is 10.0. The molecule has 1 aromatic heterocycles. The van der Waals surface area contributed by atoms with Crippen LogP contribution in [0.5, 0.6) is 0 Å². The van der Waals surface area contributed by atoms with Gasteiger partial charge in [-0.05, 0) is 28.9 Å². The molecule has 0 spiro atoms. The summed E-state index contributed by atoms with van der Waals surface area (Å²) in [5.74, 6) is 0.0453. The molecule has 12 heavy (non-hydrogen) atoms. The number of carbonyl (C=O) groups is 1. The van der Waals surface area contributed by atoms with E-state index in [4.69, 9.17) is 13.6 Å². The average Bonchev–Trinajstić information content (AvgIpc) is 1.96. The van der Waals surface area contributed by atoms with Crippen LogP contribution in [0.3, 0.4) is 0 Å². The molecule has 0 aliphatic heterocycles. The zero-order valence-corrected chi connectivity index (χ0v) is 8.05. The summed E-state index contributed by atoms with van der Waals surface area (Å²) in [6, 6.07) is 1.57. The Morgan fingerprint density at radius 1 is 1.75 bits per heavy atom. The number of carbonyl (C=O) groups excluding carboxylic acids is 1. The quantitative estimate of drug-likeness (QED) is 0.556. The van der Waals surface area contributed by atoms with Crippen molar-refractivity contribution >= 4 is 41.0 Å². The molecule has 0 aliphatic carbocycles. The van der Waals surface area contributed by atoms with Crippen molar-refractivity contribution in [3.8, 4) is 0 Å². The van der Waals surface area contributed by atoms with Gasteiger partial charge in [0.25, 0.3) is 0 Å². The van der Waals surface area contributed by atoms with Crippen molar-refractivity contribution in [1.29, 1.82) is 0 Å². The van der Waals surface area contributed by atoms with Gasteiger partial charge in [-0.15, -0.1) is 0 Å². The first-order valence-corrected chi connectivity index (χ1v) is 4.04. The molecule has 2 N–H and O–H groups in total. The van der Waals surface area contributed by atoms with Crippen LogP contribution in [0.4, 0.5) is 5.82 Å². The molecule has 0 bridgehead atoms. The third kappa shape index (κ3) is 1.66. The van der Waals surface area contributed by atoms with Gasteiger partial charge in [0.15, 0.2) is 5.78 Å². The van der Waals surface area contributed by atoms with E-state index in [0.29, 0.717) is 10.0 Å². The van der Waals surface area contributed by atoms with E-state index in [1.54, 1.807) is 6.07 Å². The highest BCUT2D eigenvalue weighted by molar-refractivity contribution is 9.10. The number of nitrogen functional groups attached to an aromatic ring is 1. The molecular weight excluding hydrogens is 219 g/mol. The third-order valence-electron chi connectivity index (χ3n) is 1.41. The standard InChI is InChI=1S/C7H6BBrN2O/c1-3(12)4-2-5(9)6(8)11-7(4)10/h2H,1H3,(H2,10,11). The molecule has 0 saturated heterocycles. The number of hydrogen-bond acceptors (Lipinski definition) is 3. The van der Waals surface area contributed by atoms with Crippen molar-refractivity contribution in [3.05, 3.63) is 16.1 Å². The van der Waals surface area contributed by atoms with Gasteiger partial charge < -0.3 is 5.73 Å². The lowest BCUT2D eigenvalue weighted by Crippen LogP contribution is -2.15. The number of ketones is 1. The predicted molar refractivity (Wildman–Crippen MR) is 51.7 cm³/mol. The van der Waals surface area contributed by atoms with E-state index in [1.807, 2.05) is 0 Å². The molecule has 0 atom stereocenters. The van der Waals surface area contributed by atoms with Crippen molar-refractivity contribution in [3.63, 3.8) is 0 Å². The Bertz CT molecular complexity index is 340. The topological polar surface area (TPSA) is 56.0 Å². The van der Waals surface area contributed by atoms with Gasteiger partial charge in [0.05, 0.1) is 5.56 Å². The highest BCUT2D eigenvalue weighted by Gasteiger charge is 2.07. The van der Waals surface area contributed by atoms with Crippen molar-refractivity contribution < 1.29 is 4.79 Å². The first-order valence-electron chi connectivity index (χ1n) is 3.25. The van der Waals surface area contributed by atoms with E-state index in [-0.39, 0.29) is 17.2 Å². The number of rotatable bonds is 1. The molecule has 0 aromatic carbocycles. The van der Waals surface area contributed by atoms with Gasteiger partial charge in [0.1, 0.15) is 13.7 Å². The zero-order chi connectivity index (χ0) is 9.30.